The standard InChI is InChI=1S/C19H20ClN3O4/c1-13(10-18(24)21-15-8-6-14(20)7-9-15)22-23-19(25)12-27-17-5-3-4-16(11-17)26-2/h3-9,11H,10,12H2,1-2H3,(H,21,24)(H,23,25)/b22-13+. The zero-order chi connectivity index (χ0) is 19.6. The summed E-state index contributed by atoms with van der Waals surface area (Å²) in [5.41, 5.74) is 3.44. The second kappa shape index (κ2) is 10.2. The van der Waals surface area contributed by atoms with Crippen molar-refractivity contribution in [3.05, 3.63) is 53.6 Å². The number of methoxy groups -OCH3 is 1. The van der Waals surface area contributed by atoms with Crippen LogP contribution in [0, 0.1) is 0 Å². The first kappa shape index (κ1) is 20.3. The number of benzene rings is 2. The molecule has 0 fully saturated rings. The predicted octanol–water partition coefficient (Wildman–Crippen LogP) is 3.25. The molecule has 2 N–H and O–H groups in total. The maximum atomic E-state index is 11.9. The third-order valence-electron chi connectivity index (χ3n) is 3.33. The van der Waals surface area contributed by atoms with E-state index in [1.54, 1.807) is 62.6 Å². The number of rotatable bonds is 8. The highest BCUT2D eigenvalue weighted by molar-refractivity contribution is 6.30. The van der Waals surface area contributed by atoms with E-state index >= 15 is 0 Å². The van der Waals surface area contributed by atoms with Crippen LogP contribution in [0.25, 0.3) is 0 Å². The molecule has 2 aromatic carbocycles. The van der Waals surface area contributed by atoms with Gasteiger partial charge in [-0.05, 0) is 43.3 Å². The highest BCUT2D eigenvalue weighted by Gasteiger charge is 2.07. The van der Waals surface area contributed by atoms with Crippen molar-refractivity contribution in [2.45, 2.75) is 13.3 Å². The van der Waals surface area contributed by atoms with Crippen LogP contribution in [0.2, 0.25) is 5.02 Å². The van der Waals surface area contributed by atoms with Gasteiger partial charge in [0.05, 0.1) is 13.5 Å². The first-order chi connectivity index (χ1) is 13.0. The Morgan fingerprint density at radius 2 is 1.78 bits per heavy atom. The fourth-order valence-electron chi connectivity index (χ4n) is 2.04. The number of nitrogens with zero attached hydrogens (tertiary/aromatic N) is 1. The zero-order valence-electron chi connectivity index (χ0n) is 15.0. The molecule has 0 aliphatic carbocycles. The van der Waals surface area contributed by atoms with Crippen LogP contribution in [-0.2, 0) is 9.59 Å². The normalized spacial score (nSPS) is 10.9. The van der Waals surface area contributed by atoms with E-state index in [0.717, 1.165) is 0 Å². The fraction of sp³-hybridized carbons (Fsp3) is 0.211. The van der Waals surface area contributed by atoms with Gasteiger partial charge in [0.15, 0.2) is 6.61 Å². The Morgan fingerprint density at radius 3 is 2.48 bits per heavy atom. The number of hydrazone groups is 1. The molecule has 0 saturated carbocycles. The molecule has 0 atom stereocenters. The molecular weight excluding hydrogens is 370 g/mol. The van der Waals surface area contributed by atoms with E-state index in [1.165, 1.54) is 0 Å². The van der Waals surface area contributed by atoms with E-state index in [2.05, 4.69) is 15.8 Å². The second-order valence-electron chi connectivity index (χ2n) is 5.58. The molecule has 2 aromatic rings. The van der Waals surface area contributed by atoms with E-state index in [4.69, 9.17) is 21.1 Å². The van der Waals surface area contributed by atoms with Crippen LogP contribution in [0.4, 0.5) is 5.69 Å². The maximum absolute atomic E-state index is 11.9. The molecule has 0 aliphatic rings. The van der Waals surface area contributed by atoms with E-state index in [0.29, 0.717) is 27.9 Å². The van der Waals surface area contributed by atoms with Gasteiger partial charge >= 0.3 is 0 Å². The van der Waals surface area contributed by atoms with E-state index in [1.807, 2.05) is 0 Å². The van der Waals surface area contributed by atoms with Gasteiger partial charge in [-0.15, -0.1) is 0 Å². The molecule has 27 heavy (non-hydrogen) atoms. The summed E-state index contributed by atoms with van der Waals surface area (Å²) < 4.78 is 10.4. The third kappa shape index (κ3) is 7.37. The molecule has 142 valence electrons. The number of hydrogen-bond acceptors (Lipinski definition) is 5. The van der Waals surface area contributed by atoms with Crippen LogP contribution in [0.3, 0.4) is 0 Å². The summed E-state index contributed by atoms with van der Waals surface area (Å²) >= 11 is 5.79. The summed E-state index contributed by atoms with van der Waals surface area (Å²) in [6, 6.07) is 13.7. The van der Waals surface area contributed by atoms with Gasteiger partial charge in [0.1, 0.15) is 11.5 Å². The van der Waals surface area contributed by atoms with Gasteiger partial charge in [0.2, 0.25) is 5.91 Å². The van der Waals surface area contributed by atoms with Crippen LogP contribution in [0.15, 0.2) is 53.6 Å². The van der Waals surface area contributed by atoms with Crippen molar-refractivity contribution in [1.82, 2.24) is 5.43 Å². The smallest absolute Gasteiger partial charge is 0.277 e. The quantitative estimate of drug-likeness (QED) is 0.535. The molecule has 8 heteroatoms. The van der Waals surface area contributed by atoms with Crippen LogP contribution < -0.4 is 20.2 Å². The molecule has 0 aliphatic heterocycles. The largest absolute Gasteiger partial charge is 0.497 e. The van der Waals surface area contributed by atoms with Gasteiger partial charge < -0.3 is 14.8 Å². The van der Waals surface area contributed by atoms with Gasteiger partial charge in [-0.25, -0.2) is 5.43 Å². The Hall–Kier alpha value is -3.06. The van der Waals surface area contributed by atoms with Crippen molar-refractivity contribution >= 4 is 34.8 Å². The SMILES string of the molecule is COc1cccc(OCC(=O)N/N=C(\C)CC(=O)Nc2ccc(Cl)cc2)c1. The number of nitrogens with one attached hydrogen (secondary N) is 2. The first-order valence-electron chi connectivity index (χ1n) is 8.10. The summed E-state index contributed by atoms with van der Waals surface area (Å²) in [6.07, 6.45) is 0.0413. The highest BCUT2D eigenvalue weighted by atomic mass is 35.5. The predicted molar refractivity (Wildman–Crippen MR) is 104 cm³/mol. The molecule has 0 spiro atoms. The van der Waals surface area contributed by atoms with Gasteiger partial charge in [0.25, 0.3) is 5.91 Å². The minimum Gasteiger partial charge on any atom is -0.497 e. The van der Waals surface area contributed by atoms with Crippen molar-refractivity contribution in [3.8, 4) is 11.5 Å². The second-order valence-corrected chi connectivity index (χ2v) is 6.02. The lowest BCUT2D eigenvalue weighted by atomic mass is 10.2. The molecule has 0 radical (unpaired) electrons. The number of carbonyl (C=O) groups excluding carboxylic acids is 2. The van der Waals surface area contributed by atoms with Crippen molar-refractivity contribution in [2.75, 3.05) is 19.0 Å². The maximum Gasteiger partial charge on any atom is 0.277 e. The van der Waals surface area contributed by atoms with Gasteiger partial charge in [-0.2, -0.15) is 5.10 Å². The lowest BCUT2D eigenvalue weighted by Gasteiger charge is -2.07. The number of carbonyl (C=O) groups is 2. The lowest BCUT2D eigenvalue weighted by Crippen LogP contribution is -2.26. The topological polar surface area (TPSA) is 89.0 Å². The Bertz CT molecular complexity index is 822. The molecule has 7 nitrogen and oxygen atoms in total. The Morgan fingerprint density at radius 1 is 1.07 bits per heavy atom. The van der Waals surface area contributed by atoms with Crippen LogP contribution in [0.1, 0.15) is 13.3 Å². The summed E-state index contributed by atoms with van der Waals surface area (Å²) in [5.74, 6) is 0.455. The van der Waals surface area contributed by atoms with Gasteiger partial charge in [-0.3, -0.25) is 9.59 Å². The molecule has 2 amide bonds. The van der Waals surface area contributed by atoms with Crippen molar-refractivity contribution in [3.63, 3.8) is 0 Å². The number of hydrogen-bond donors (Lipinski definition) is 2. The number of ether oxygens (including phenoxy) is 2. The number of amides is 2. The monoisotopic (exact) mass is 389 g/mol. The molecule has 0 unspecified atom stereocenters. The van der Waals surface area contributed by atoms with Gasteiger partial charge in [-0.1, -0.05) is 17.7 Å². The Labute approximate surface area is 162 Å². The zero-order valence-corrected chi connectivity index (χ0v) is 15.7. The number of halogens is 1. The summed E-state index contributed by atoms with van der Waals surface area (Å²) in [7, 11) is 1.55. The summed E-state index contributed by atoms with van der Waals surface area (Å²) in [4.78, 5) is 23.7. The van der Waals surface area contributed by atoms with Crippen LogP contribution in [-0.4, -0.2) is 31.2 Å². The average Bonchev–Trinajstić information content (AvgIpc) is 2.66. The summed E-state index contributed by atoms with van der Waals surface area (Å²) in [6.45, 7) is 1.44. The third-order valence-corrected chi connectivity index (χ3v) is 3.58. The fourth-order valence-corrected chi connectivity index (χ4v) is 2.17. The average molecular weight is 390 g/mol. The van der Waals surface area contributed by atoms with Crippen LogP contribution >= 0.6 is 11.6 Å². The Balaban J connectivity index is 1.75. The summed E-state index contributed by atoms with van der Waals surface area (Å²) in [5, 5.41) is 7.20. The lowest BCUT2D eigenvalue weighted by molar-refractivity contribution is -0.123. The van der Waals surface area contributed by atoms with E-state index in [9.17, 15) is 9.59 Å². The highest BCUT2D eigenvalue weighted by Crippen LogP contribution is 2.18. The molecule has 0 aromatic heterocycles. The minimum atomic E-state index is -0.435. The molecular formula is C19H20ClN3O4. The molecule has 0 bridgehead atoms. The molecule has 0 heterocycles. The first-order valence-corrected chi connectivity index (χ1v) is 8.48. The van der Waals surface area contributed by atoms with E-state index in [-0.39, 0.29) is 18.9 Å². The molecule has 2 rings (SSSR count). The van der Waals surface area contributed by atoms with Crippen molar-refractivity contribution in [2.24, 2.45) is 5.10 Å². The number of anilines is 1. The van der Waals surface area contributed by atoms with Crippen LogP contribution in [0.5, 0.6) is 11.5 Å². The van der Waals surface area contributed by atoms with E-state index < -0.39 is 5.91 Å². The van der Waals surface area contributed by atoms with Crippen molar-refractivity contribution < 1.29 is 19.1 Å². The molecule has 0 saturated heterocycles. The van der Waals surface area contributed by atoms with Crippen molar-refractivity contribution in [1.29, 1.82) is 0 Å². The Kier molecular flexibility index (Phi) is 7.63. The van der Waals surface area contributed by atoms with Gasteiger partial charge in [0, 0.05) is 22.5 Å². The minimum absolute atomic E-state index is 0.0413.